The summed E-state index contributed by atoms with van der Waals surface area (Å²) in [6, 6.07) is 5.10. The van der Waals surface area contributed by atoms with Crippen LogP contribution in [0.5, 0.6) is 0 Å². The van der Waals surface area contributed by atoms with Gasteiger partial charge in [0.2, 0.25) is 0 Å². The Kier molecular flexibility index (Phi) is 4.34. The highest BCUT2D eigenvalue weighted by Gasteiger charge is 2.21. The smallest absolute Gasteiger partial charge is 0.338 e. The number of hydrogen-bond donors (Lipinski definition) is 2. The second kappa shape index (κ2) is 5.87. The van der Waals surface area contributed by atoms with Crippen LogP contribution >= 0.6 is 22.9 Å². The van der Waals surface area contributed by atoms with Gasteiger partial charge in [0.25, 0.3) is 5.91 Å². The third-order valence-corrected chi connectivity index (χ3v) is 4.63. The fourth-order valence-electron chi connectivity index (χ4n) is 1.95. The van der Waals surface area contributed by atoms with Gasteiger partial charge in [-0.05, 0) is 44.0 Å². The lowest BCUT2D eigenvalue weighted by molar-refractivity contribution is 0.0697. The molecule has 0 radical (unpaired) electrons. The first kappa shape index (κ1) is 15.5. The van der Waals surface area contributed by atoms with Gasteiger partial charge in [-0.15, -0.1) is 11.3 Å². The number of rotatable bonds is 3. The molecule has 1 aromatic heterocycles. The second-order valence-electron chi connectivity index (χ2n) is 4.73. The first-order valence-corrected chi connectivity index (χ1v) is 7.41. The first-order valence-electron chi connectivity index (χ1n) is 6.22. The number of hydrogen-bond acceptors (Lipinski definition) is 3. The number of carbonyl (C=O) groups excluding carboxylic acids is 1. The highest BCUT2D eigenvalue weighted by Crippen LogP contribution is 2.33. The molecule has 0 aliphatic heterocycles. The van der Waals surface area contributed by atoms with Crippen LogP contribution in [0, 0.1) is 20.8 Å². The molecule has 2 rings (SSSR count). The van der Waals surface area contributed by atoms with Gasteiger partial charge in [0.15, 0.2) is 0 Å². The molecule has 0 bridgehead atoms. The molecule has 0 atom stereocenters. The van der Waals surface area contributed by atoms with Crippen LogP contribution in [0.1, 0.15) is 36.7 Å². The minimum absolute atomic E-state index is 0.133. The molecule has 0 spiro atoms. The van der Waals surface area contributed by atoms with Crippen LogP contribution in [0.3, 0.4) is 0 Å². The second-order valence-corrected chi connectivity index (χ2v) is 6.36. The number of carboxylic acids is 1. The molecule has 2 N–H and O–H groups in total. The van der Waals surface area contributed by atoms with Crippen molar-refractivity contribution >= 4 is 39.8 Å². The van der Waals surface area contributed by atoms with E-state index >= 15 is 0 Å². The summed E-state index contributed by atoms with van der Waals surface area (Å²) >= 11 is 7.30. The third kappa shape index (κ3) is 3.09. The number of aromatic carboxylic acids is 1. The molecule has 0 fully saturated rings. The van der Waals surface area contributed by atoms with Crippen LogP contribution in [0.25, 0.3) is 0 Å². The number of amides is 1. The normalized spacial score (nSPS) is 10.5. The van der Waals surface area contributed by atoms with Gasteiger partial charge in [0.05, 0.1) is 16.1 Å². The van der Waals surface area contributed by atoms with E-state index in [1.165, 1.54) is 11.3 Å². The highest BCUT2D eigenvalue weighted by molar-refractivity contribution is 7.16. The molecule has 110 valence electrons. The Balaban J connectivity index is 2.36. The first-order chi connectivity index (χ1) is 9.81. The van der Waals surface area contributed by atoms with Crippen molar-refractivity contribution in [1.29, 1.82) is 0 Å². The molecule has 1 amide bonds. The predicted octanol–water partition coefficient (Wildman–Crippen LogP) is 4.28. The lowest BCUT2D eigenvalue weighted by Gasteiger charge is -2.07. The van der Waals surface area contributed by atoms with Gasteiger partial charge >= 0.3 is 5.97 Å². The molecule has 1 aromatic carbocycles. The fraction of sp³-hybridized carbons (Fsp3) is 0.200. The quantitative estimate of drug-likeness (QED) is 0.886. The zero-order valence-electron chi connectivity index (χ0n) is 11.8. The topological polar surface area (TPSA) is 66.4 Å². The molecule has 4 nitrogen and oxygen atoms in total. The number of carboxylic acid groups (broad SMARTS) is 1. The minimum Gasteiger partial charge on any atom is -0.478 e. The zero-order valence-corrected chi connectivity index (χ0v) is 13.4. The molecule has 0 aliphatic rings. The summed E-state index contributed by atoms with van der Waals surface area (Å²) in [4.78, 5) is 24.4. The van der Waals surface area contributed by atoms with Crippen LogP contribution in [0.2, 0.25) is 5.02 Å². The van der Waals surface area contributed by atoms with E-state index in [9.17, 15) is 14.7 Å². The molecule has 2 aromatic rings. The number of aryl methyl sites for hydroxylation is 2. The van der Waals surface area contributed by atoms with E-state index in [1.807, 2.05) is 13.8 Å². The van der Waals surface area contributed by atoms with Gasteiger partial charge < -0.3 is 10.4 Å². The van der Waals surface area contributed by atoms with Gasteiger partial charge in [-0.3, -0.25) is 4.79 Å². The van der Waals surface area contributed by atoms with E-state index in [-0.39, 0.29) is 5.56 Å². The number of thiophene rings is 1. The van der Waals surface area contributed by atoms with Gasteiger partial charge in [0, 0.05) is 4.88 Å². The lowest BCUT2D eigenvalue weighted by Crippen LogP contribution is -2.14. The maximum atomic E-state index is 12.3. The highest BCUT2D eigenvalue weighted by atomic mass is 35.5. The monoisotopic (exact) mass is 323 g/mol. The van der Waals surface area contributed by atoms with E-state index in [2.05, 4.69) is 5.32 Å². The number of carbonyl (C=O) groups is 2. The van der Waals surface area contributed by atoms with Gasteiger partial charge in [-0.2, -0.15) is 0 Å². The summed E-state index contributed by atoms with van der Waals surface area (Å²) in [5.74, 6) is -1.47. The van der Waals surface area contributed by atoms with Crippen molar-refractivity contribution in [3.8, 4) is 0 Å². The molecular weight excluding hydrogens is 310 g/mol. The van der Waals surface area contributed by atoms with Crippen LogP contribution in [-0.4, -0.2) is 17.0 Å². The van der Waals surface area contributed by atoms with Crippen LogP contribution < -0.4 is 5.32 Å². The van der Waals surface area contributed by atoms with Crippen molar-refractivity contribution in [3.05, 3.63) is 50.4 Å². The number of anilines is 1. The minimum atomic E-state index is -1.05. The van der Waals surface area contributed by atoms with Crippen LogP contribution in [0.15, 0.2) is 18.2 Å². The van der Waals surface area contributed by atoms with E-state index in [0.29, 0.717) is 21.2 Å². The molecule has 21 heavy (non-hydrogen) atoms. The Morgan fingerprint density at radius 2 is 1.90 bits per heavy atom. The van der Waals surface area contributed by atoms with Crippen LogP contribution in [0.4, 0.5) is 5.00 Å². The fourth-order valence-corrected chi connectivity index (χ4v) is 3.32. The molecule has 0 aliphatic carbocycles. The van der Waals surface area contributed by atoms with Crippen molar-refractivity contribution < 1.29 is 14.7 Å². The van der Waals surface area contributed by atoms with Crippen molar-refractivity contribution in [2.45, 2.75) is 20.8 Å². The molecule has 1 heterocycles. The van der Waals surface area contributed by atoms with Crippen LogP contribution in [-0.2, 0) is 0 Å². The summed E-state index contributed by atoms with van der Waals surface area (Å²) in [5.41, 5.74) is 2.07. The summed E-state index contributed by atoms with van der Waals surface area (Å²) < 4.78 is 0. The number of benzene rings is 1. The average molecular weight is 324 g/mol. The summed E-state index contributed by atoms with van der Waals surface area (Å²) in [6.45, 7) is 5.42. The average Bonchev–Trinajstić information content (AvgIpc) is 2.64. The molecule has 0 saturated heterocycles. The summed E-state index contributed by atoms with van der Waals surface area (Å²) in [7, 11) is 0. The van der Waals surface area contributed by atoms with Gasteiger partial charge in [0.1, 0.15) is 5.00 Å². The Labute approximate surface area is 131 Å². The maximum Gasteiger partial charge on any atom is 0.338 e. The lowest BCUT2D eigenvalue weighted by atomic mass is 10.1. The van der Waals surface area contributed by atoms with Gasteiger partial charge in [-0.25, -0.2) is 4.79 Å². The van der Waals surface area contributed by atoms with E-state index in [4.69, 9.17) is 11.6 Å². The molecule has 0 saturated carbocycles. The van der Waals surface area contributed by atoms with Gasteiger partial charge in [-0.1, -0.05) is 17.7 Å². The maximum absolute atomic E-state index is 12.3. The Morgan fingerprint density at radius 3 is 2.48 bits per heavy atom. The van der Waals surface area contributed by atoms with Crippen molar-refractivity contribution in [3.63, 3.8) is 0 Å². The number of halogens is 1. The molecule has 6 heteroatoms. The Bertz CT molecular complexity index is 737. The third-order valence-electron chi connectivity index (χ3n) is 3.20. The van der Waals surface area contributed by atoms with Crippen molar-refractivity contribution in [1.82, 2.24) is 0 Å². The standard InChI is InChI=1S/C15H14ClNO3S/c1-7-4-5-10(11(16)6-7)13(18)17-14-12(15(19)20)8(2)9(3)21-14/h4-6H,1-3H3,(H,17,18)(H,19,20). The van der Waals surface area contributed by atoms with Crippen molar-refractivity contribution in [2.75, 3.05) is 5.32 Å². The number of nitrogens with one attached hydrogen (secondary N) is 1. The summed E-state index contributed by atoms with van der Waals surface area (Å²) in [6.07, 6.45) is 0. The molecule has 0 unspecified atom stereocenters. The van der Waals surface area contributed by atoms with E-state index < -0.39 is 11.9 Å². The van der Waals surface area contributed by atoms with E-state index in [1.54, 1.807) is 25.1 Å². The summed E-state index contributed by atoms with van der Waals surface area (Å²) in [5, 5.41) is 12.6. The van der Waals surface area contributed by atoms with E-state index in [0.717, 1.165) is 10.4 Å². The zero-order chi connectivity index (χ0) is 15.7. The predicted molar refractivity (Wildman–Crippen MR) is 84.9 cm³/mol. The largest absolute Gasteiger partial charge is 0.478 e. The Hall–Kier alpha value is -1.85. The van der Waals surface area contributed by atoms with Crippen molar-refractivity contribution in [2.24, 2.45) is 0 Å². The SMILES string of the molecule is Cc1ccc(C(=O)Nc2sc(C)c(C)c2C(=O)O)c(Cl)c1. The molecular formula is C15H14ClNO3S. The Morgan fingerprint density at radius 1 is 1.24 bits per heavy atom.